The van der Waals surface area contributed by atoms with Crippen LogP contribution in [-0.2, 0) is 81.7 Å². The Labute approximate surface area is 444 Å². The van der Waals surface area contributed by atoms with Crippen LogP contribution in [0.2, 0.25) is 0 Å². The van der Waals surface area contributed by atoms with Gasteiger partial charge in [-0.2, -0.15) is 0 Å². The lowest BCUT2D eigenvalue weighted by Crippen LogP contribution is -2.55. The van der Waals surface area contributed by atoms with Crippen molar-refractivity contribution in [1.29, 1.82) is 0 Å². The standard InChI is InChI=1S/C54H62N10O12S/c1-8-37-38-20-36(17-18-42(38)62-48-39(37)27-64-43(48)21-41-40(51(64)70)29-76-52(71)54(41,72)9-2)75-28-33-15-16-35(19-34(33)24-55-6)61-49(68)31(5)60-50(69)47(30(3)4)63-46(67)26-57-45(66)25-56-44(65)14-12-10-11-13-32-22-58-53(59-23-32)77(7,73)74/h15-23,30-31,47,55,72H,8-10,12,14,24-29H2,1-7H3,(H,56,65)(H,57,66)(H,60,69)(H,61,68)(H,63,67)/t31-,47-,54-/m0/s1. The van der Waals surface area contributed by atoms with E-state index in [-0.39, 0.29) is 61.0 Å². The van der Waals surface area contributed by atoms with Crippen LogP contribution in [-0.4, -0.2) is 107 Å². The van der Waals surface area contributed by atoms with E-state index < -0.39 is 75.5 Å². The molecule has 2 aliphatic rings. The number of fused-ring (bicyclic) bond motifs is 5. The molecule has 3 aromatic heterocycles. The number of esters is 1. The topological polar surface area (TPSA) is 308 Å². The Kier molecular flexibility index (Phi) is 17.9. The average Bonchev–Trinajstić information content (AvgIpc) is 3.78. The summed E-state index contributed by atoms with van der Waals surface area (Å²) in [6, 6.07) is 10.6. The number of cyclic esters (lactones) is 1. The van der Waals surface area contributed by atoms with Gasteiger partial charge in [-0.1, -0.05) is 45.6 Å². The number of hydrogen-bond donors (Lipinski definition) is 7. The summed E-state index contributed by atoms with van der Waals surface area (Å²) in [7, 11) is -1.73. The number of ether oxygens (including phenoxy) is 2. The Balaban J connectivity index is 0.884. The smallest absolute Gasteiger partial charge is 0.343 e. The first kappa shape index (κ1) is 56.7. The predicted octanol–water partition coefficient (Wildman–Crippen LogP) is 2.17. The van der Waals surface area contributed by atoms with Gasteiger partial charge >= 0.3 is 5.97 Å². The van der Waals surface area contributed by atoms with Crippen molar-refractivity contribution in [3.63, 3.8) is 0 Å². The van der Waals surface area contributed by atoms with Crippen molar-refractivity contribution >= 4 is 61.9 Å². The molecule has 0 fully saturated rings. The summed E-state index contributed by atoms with van der Waals surface area (Å²) in [6.45, 7) is 8.47. The number of sulfone groups is 1. The third-order valence-electron chi connectivity index (χ3n) is 13.2. The highest BCUT2D eigenvalue weighted by atomic mass is 32.2. The fraction of sp³-hybridized carbons (Fsp3) is 0.407. The Morgan fingerprint density at radius 3 is 2.32 bits per heavy atom. The summed E-state index contributed by atoms with van der Waals surface area (Å²) >= 11 is 0. The molecule has 23 heteroatoms. The van der Waals surface area contributed by atoms with Crippen molar-refractivity contribution in [3.8, 4) is 29.0 Å². The first-order chi connectivity index (χ1) is 36.6. The highest BCUT2D eigenvalue weighted by Gasteiger charge is 2.45. The zero-order chi connectivity index (χ0) is 55.8. The monoisotopic (exact) mass is 1070 g/mol. The quantitative estimate of drug-likeness (QED) is 0.0235. The zero-order valence-electron chi connectivity index (χ0n) is 43.8. The van der Waals surface area contributed by atoms with E-state index in [0.717, 1.165) is 33.9 Å². The van der Waals surface area contributed by atoms with E-state index >= 15 is 0 Å². The molecule has 22 nitrogen and oxygen atoms in total. The first-order valence-electron chi connectivity index (χ1n) is 25.1. The van der Waals surface area contributed by atoms with E-state index in [2.05, 4.69) is 53.7 Å². The van der Waals surface area contributed by atoms with Gasteiger partial charge in [0, 0.05) is 60.2 Å². The van der Waals surface area contributed by atoms with E-state index in [9.17, 15) is 47.1 Å². The predicted molar refractivity (Wildman–Crippen MR) is 282 cm³/mol. The lowest BCUT2D eigenvalue weighted by molar-refractivity contribution is -0.172. The molecule has 0 spiro atoms. The van der Waals surface area contributed by atoms with E-state index in [0.29, 0.717) is 59.7 Å². The normalized spacial score (nSPS) is 15.2. The number of rotatable bonds is 21. The number of pyridine rings is 2. The van der Waals surface area contributed by atoms with E-state index in [1.54, 1.807) is 44.5 Å². The maximum atomic E-state index is 13.8. The molecule has 3 atom stereocenters. The van der Waals surface area contributed by atoms with E-state index in [4.69, 9.17) is 14.5 Å². The molecule has 0 saturated heterocycles. The van der Waals surface area contributed by atoms with Crippen LogP contribution in [0.1, 0.15) is 99.2 Å². The number of aromatic nitrogens is 4. The number of carbonyl (C=O) groups is 6. The second kappa shape index (κ2) is 24.3. The van der Waals surface area contributed by atoms with Crippen LogP contribution in [0.4, 0.5) is 5.69 Å². The molecule has 406 valence electrons. The molecule has 0 aliphatic carbocycles. The number of benzene rings is 2. The van der Waals surface area contributed by atoms with Crippen molar-refractivity contribution in [2.24, 2.45) is 5.92 Å². The van der Waals surface area contributed by atoms with Crippen molar-refractivity contribution in [1.82, 2.24) is 46.1 Å². The van der Waals surface area contributed by atoms with Crippen molar-refractivity contribution in [2.75, 3.05) is 31.7 Å². The fourth-order valence-electron chi connectivity index (χ4n) is 8.96. The van der Waals surface area contributed by atoms with E-state index in [1.807, 2.05) is 37.3 Å². The summed E-state index contributed by atoms with van der Waals surface area (Å²) < 4.78 is 36.2. The Morgan fingerprint density at radius 1 is 0.909 bits per heavy atom. The Morgan fingerprint density at radius 2 is 1.64 bits per heavy atom. The second-order valence-electron chi connectivity index (χ2n) is 19.1. The van der Waals surface area contributed by atoms with E-state index in [1.165, 1.54) is 19.3 Å². The molecule has 0 bridgehead atoms. The number of nitrogens with zero attached hydrogens (tertiary/aromatic N) is 4. The number of nitrogens with one attached hydrogen (secondary N) is 6. The number of amides is 5. The molecule has 7 rings (SSSR count). The Bertz CT molecular complexity index is 3390. The number of anilines is 1. The molecule has 77 heavy (non-hydrogen) atoms. The third kappa shape index (κ3) is 13.1. The van der Waals surface area contributed by atoms with Crippen LogP contribution in [0.3, 0.4) is 0 Å². The van der Waals surface area contributed by atoms with Gasteiger partial charge in [0.15, 0.2) is 5.60 Å². The number of aliphatic hydroxyl groups is 1. The molecule has 2 aliphatic heterocycles. The van der Waals surface area contributed by atoms with Gasteiger partial charge < -0.3 is 51.0 Å². The number of unbranched alkanes of at least 4 members (excludes halogenated alkanes) is 1. The number of carbonyl (C=O) groups excluding carboxylic acids is 6. The van der Waals surface area contributed by atoms with Crippen LogP contribution in [0.15, 0.2) is 64.8 Å². The van der Waals surface area contributed by atoms with Gasteiger partial charge in [-0.25, -0.2) is 28.2 Å². The maximum Gasteiger partial charge on any atom is 0.343 e. The van der Waals surface area contributed by atoms with Crippen molar-refractivity contribution < 1.29 is 51.8 Å². The van der Waals surface area contributed by atoms with Crippen molar-refractivity contribution in [3.05, 3.63) is 104 Å². The Hall–Kier alpha value is -8.07. The van der Waals surface area contributed by atoms with Gasteiger partial charge in [0.1, 0.15) is 31.0 Å². The molecule has 7 N–H and O–H groups in total. The van der Waals surface area contributed by atoms with Gasteiger partial charge in [0.25, 0.3) is 5.56 Å². The first-order valence-corrected chi connectivity index (χ1v) is 27.0. The third-order valence-corrected chi connectivity index (χ3v) is 14.0. The summed E-state index contributed by atoms with van der Waals surface area (Å²) in [5.41, 5.74) is 4.56. The zero-order valence-corrected chi connectivity index (χ0v) is 44.7. The van der Waals surface area contributed by atoms with Crippen LogP contribution in [0, 0.1) is 17.8 Å². The van der Waals surface area contributed by atoms with Gasteiger partial charge in [-0.05, 0) is 92.2 Å². The summed E-state index contributed by atoms with van der Waals surface area (Å²) in [6.07, 6.45) is 5.07. The summed E-state index contributed by atoms with van der Waals surface area (Å²) in [5, 5.41) is 28.0. The SMILES string of the molecule is CCc1c2c(nc3ccc(OCc4ccc(NC(=O)[C@H](C)NC(=O)[C@@H](NC(=O)CNC(=O)CNC(=O)CCCC#Cc5cnc(S(C)(=O)=O)nc5)C(C)C)cc4CNC)cc13)-c1cc3c(c(=O)n1C2)COC(=O)[C@]3(O)CC. The maximum absolute atomic E-state index is 13.8. The molecule has 2 aromatic carbocycles. The lowest BCUT2D eigenvalue weighted by atomic mass is 9.86. The highest BCUT2D eigenvalue weighted by molar-refractivity contribution is 7.90. The molecular formula is C54H62N10O12S. The van der Waals surface area contributed by atoms with Gasteiger partial charge in [-0.3, -0.25) is 28.8 Å². The summed E-state index contributed by atoms with van der Waals surface area (Å²) in [5.74, 6) is 2.24. The molecular weight excluding hydrogens is 1010 g/mol. The summed E-state index contributed by atoms with van der Waals surface area (Å²) in [4.78, 5) is 103. The lowest BCUT2D eigenvalue weighted by Gasteiger charge is -2.31. The van der Waals surface area contributed by atoms with Crippen molar-refractivity contribution in [2.45, 2.75) is 116 Å². The minimum atomic E-state index is -3.53. The highest BCUT2D eigenvalue weighted by Crippen LogP contribution is 2.41. The van der Waals surface area contributed by atoms with Crippen LogP contribution < -0.4 is 42.2 Å². The van der Waals surface area contributed by atoms with Crippen LogP contribution in [0.25, 0.3) is 22.3 Å². The molecule has 0 saturated carbocycles. The number of aryl methyl sites for hydroxylation is 1. The average molecular weight is 1080 g/mol. The molecule has 5 heterocycles. The second-order valence-corrected chi connectivity index (χ2v) is 21.0. The fourth-order valence-corrected chi connectivity index (χ4v) is 9.44. The molecule has 5 amide bonds. The van der Waals surface area contributed by atoms with Gasteiger partial charge in [0.2, 0.25) is 44.5 Å². The van der Waals surface area contributed by atoms with Crippen LogP contribution >= 0.6 is 0 Å². The molecule has 0 radical (unpaired) electrons. The number of hydrogen-bond acceptors (Lipinski definition) is 16. The van der Waals surface area contributed by atoms with Gasteiger partial charge in [-0.15, -0.1) is 0 Å². The minimum absolute atomic E-state index is 0.0468. The molecule has 0 unspecified atom stereocenters. The van der Waals surface area contributed by atoms with Crippen LogP contribution in [0.5, 0.6) is 5.75 Å². The largest absolute Gasteiger partial charge is 0.489 e. The van der Waals surface area contributed by atoms with Gasteiger partial charge in [0.05, 0.1) is 47.7 Å². The minimum Gasteiger partial charge on any atom is -0.489 e. The molecule has 5 aromatic rings.